The fourth-order valence-corrected chi connectivity index (χ4v) is 1.31. The molecule has 2 aromatic rings. The van der Waals surface area contributed by atoms with Crippen LogP contribution in [-0.4, -0.2) is 21.5 Å². The molecule has 0 amide bonds. The summed E-state index contributed by atoms with van der Waals surface area (Å²) in [6, 6.07) is 7.84. The van der Waals surface area contributed by atoms with E-state index in [0.29, 0.717) is 12.0 Å². The van der Waals surface area contributed by atoms with Crippen molar-refractivity contribution in [2.75, 3.05) is 0 Å². The van der Waals surface area contributed by atoms with Gasteiger partial charge in [0.15, 0.2) is 6.29 Å². The first-order valence-corrected chi connectivity index (χ1v) is 4.51. The minimum atomic E-state index is 0.106. The van der Waals surface area contributed by atoms with Crippen molar-refractivity contribution in [2.24, 2.45) is 0 Å². The summed E-state index contributed by atoms with van der Waals surface area (Å²) in [7, 11) is 0. The van der Waals surface area contributed by atoms with Crippen LogP contribution in [0.3, 0.4) is 0 Å². The van der Waals surface area contributed by atoms with Gasteiger partial charge in [-0.1, -0.05) is 23.8 Å². The Morgan fingerprint density at radius 3 is 2.93 bits per heavy atom. The van der Waals surface area contributed by atoms with Crippen LogP contribution >= 0.6 is 0 Å². The smallest absolute Gasteiger partial charge is 0.215 e. The van der Waals surface area contributed by atoms with Crippen molar-refractivity contribution in [1.29, 1.82) is 0 Å². The molecule has 1 heterocycles. The Labute approximate surface area is 87.0 Å². The van der Waals surface area contributed by atoms with Crippen molar-refractivity contribution in [2.45, 2.75) is 6.92 Å². The van der Waals surface area contributed by atoms with Crippen molar-refractivity contribution in [3.05, 3.63) is 41.9 Å². The first kappa shape index (κ1) is 9.45. The molecule has 4 heteroatoms. The predicted octanol–water partition coefficient (Wildman–Crippen LogP) is 1.66. The van der Waals surface area contributed by atoms with Gasteiger partial charge in [-0.25, -0.2) is 4.98 Å². The lowest BCUT2D eigenvalue weighted by Crippen LogP contribution is -1.97. The molecule has 0 aliphatic carbocycles. The van der Waals surface area contributed by atoms with Crippen molar-refractivity contribution in [3.8, 4) is 11.3 Å². The minimum Gasteiger partial charge on any atom is -0.294 e. The van der Waals surface area contributed by atoms with Gasteiger partial charge in [-0.05, 0) is 13.0 Å². The molecule has 2 rings (SSSR count). The van der Waals surface area contributed by atoms with Gasteiger partial charge in [0.05, 0.1) is 11.9 Å². The average molecular weight is 199 g/mol. The maximum atomic E-state index is 10.5. The maximum Gasteiger partial charge on any atom is 0.215 e. The molecule has 4 nitrogen and oxygen atoms in total. The van der Waals surface area contributed by atoms with Crippen LogP contribution in [0.1, 0.15) is 16.2 Å². The maximum absolute atomic E-state index is 10.5. The molecule has 0 unspecified atom stereocenters. The van der Waals surface area contributed by atoms with E-state index < -0.39 is 0 Å². The van der Waals surface area contributed by atoms with Crippen LogP contribution in [0, 0.1) is 6.92 Å². The molecule has 0 N–H and O–H groups in total. The SMILES string of the molecule is Cc1cccc(-c2cnnc(C=O)n2)c1. The Hall–Kier alpha value is -2.10. The van der Waals surface area contributed by atoms with Gasteiger partial charge < -0.3 is 0 Å². The fraction of sp³-hybridized carbons (Fsp3) is 0.0909. The molecule has 0 bridgehead atoms. The lowest BCUT2D eigenvalue weighted by molar-refractivity contribution is 0.111. The summed E-state index contributed by atoms with van der Waals surface area (Å²) < 4.78 is 0. The molecular formula is C11H9N3O. The topological polar surface area (TPSA) is 55.7 Å². The highest BCUT2D eigenvalue weighted by molar-refractivity contribution is 5.70. The molecule has 0 fully saturated rings. The minimum absolute atomic E-state index is 0.106. The van der Waals surface area contributed by atoms with Crippen molar-refractivity contribution in [3.63, 3.8) is 0 Å². The van der Waals surface area contributed by atoms with E-state index >= 15 is 0 Å². The van der Waals surface area contributed by atoms with Gasteiger partial charge >= 0.3 is 0 Å². The average Bonchev–Trinajstić information content (AvgIpc) is 2.29. The summed E-state index contributed by atoms with van der Waals surface area (Å²) in [6.45, 7) is 2.00. The van der Waals surface area contributed by atoms with Gasteiger partial charge in [0.25, 0.3) is 0 Å². The van der Waals surface area contributed by atoms with Gasteiger partial charge in [-0.3, -0.25) is 4.79 Å². The molecule has 0 aliphatic rings. The number of aromatic nitrogens is 3. The summed E-state index contributed by atoms with van der Waals surface area (Å²) in [4.78, 5) is 14.6. The summed E-state index contributed by atoms with van der Waals surface area (Å²) in [5.74, 6) is 0.106. The standard InChI is InChI=1S/C11H9N3O/c1-8-3-2-4-9(5-8)10-6-12-14-11(7-15)13-10/h2-7H,1H3. The number of hydrogen-bond donors (Lipinski definition) is 0. The Morgan fingerprint density at radius 2 is 2.20 bits per heavy atom. The molecule has 1 aromatic heterocycles. The van der Waals surface area contributed by atoms with Crippen molar-refractivity contribution in [1.82, 2.24) is 15.2 Å². The van der Waals surface area contributed by atoms with Gasteiger partial charge in [-0.15, -0.1) is 5.10 Å². The number of rotatable bonds is 2. The number of nitrogens with zero attached hydrogens (tertiary/aromatic N) is 3. The number of carbonyl (C=O) groups excluding carboxylic acids is 1. The van der Waals surface area contributed by atoms with Crippen LogP contribution in [0.5, 0.6) is 0 Å². The van der Waals surface area contributed by atoms with Crippen LogP contribution in [0.25, 0.3) is 11.3 Å². The third-order valence-electron chi connectivity index (χ3n) is 1.99. The monoisotopic (exact) mass is 199 g/mol. The molecule has 0 saturated carbocycles. The van der Waals surface area contributed by atoms with Crippen LogP contribution in [0.4, 0.5) is 0 Å². The zero-order valence-electron chi connectivity index (χ0n) is 8.21. The van der Waals surface area contributed by atoms with E-state index in [0.717, 1.165) is 11.1 Å². The van der Waals surface area contributed by atoms with Gasteiger partial charge in [0, 0.05) is 5.56 Å². The van der Waals surface area contributed by atoms with E-state index in [1.54, 1.807) is 6.20 Å². The highest BCUT2D eigenvalue weighted by Gasteiger charge is 2.02. The molecule has 0 spiro atoms. The van der Waals surface area contributed by atoms with E-state index in [2.05, 4.69) is 15.2 Å². The highest BCUT2D eigenvalue weighted by atomic mass is 16.1. The van der Waals surface area contributed by atoms with Crippen molar-refractivity contribution < 1.29 is 4.79 Å². The fourth-order valence-electron chi connectivity index (χ4n) is 1.31. The normalized spacial score (nSPS) is 9.93. The van der Waals surface area contributed by atoms with Crippen LogP contribution in [0.15, 0.2) is 30.5 Å². The summed E-state index contributed by atoms with van der Waals surface area (Å²) in [5.41, 5.74) is 2.74. The van der Waals surface area contributed by atoms with Gasteiger partial charge in [-0.2, -0.15) is 5.10 Å². The largest absolute Gasteiger partial charge is 0.294 e. The van der Waals surface area contributed by atoms with Crippen LogP contribution in [-0.2, 0) is 0 Å². The molecule has 74 valence electrons. The number of benzene rings is 1. The molecular weight excluding hydrogens is 190 g/mol. The molecule has 15 heavy (non-hydrogen) atoms. The Kier molecular flexibility index (Phi) is 2.49. The lowest BCUT2D eigenvalue weighted by Gasteiger charge is -2.00. The Balaban J connectivity index is 2.49. The Morgan fingerprint density at radius 1 is 1.33 bits per heavy atom. The van der Waals surface area contributed by atoms with Crippen molar-refractivity contribution >= 4 is 6.29 Å². The molecule has 1 aromatic carbocycles. The molecule has 0 atom stereocenters. The number of aldehydes is 1. The Bertz CT molecular complexity index is 497. The first-order valence-electron chi connectivity index (χ1n) is 4.51. The quantitative estimate of drug-likeness (QED) is 0.690. The number of hydrogen-bond acceptors (Lipinski definition) is 4. The summed E-state index contributed by atoms with van der Waals surface area (Å²) in [6.07, 6.45) is 2.13. The van der Waals surface area contributed by atoms with Crippen LogP contribution in [0.2, 0.25) is 0 Å². The van der Waals surface area contributed by atoms with E-state index in [1.807, 2.05) is 31.2 Å². The third-order valence-corrected chi connectivity index (χ3v) is 1.99. The predicted molar refractivity (Wildman–Crippen MR) is 55.4 cm³/mol. The van der Waals surface area contributed by atoms with Crippen LogP contribution < -0.4 is 0 Å². The second-order valence-electron chi connectivity index (χ2n) is 3.19. The second-order valence-corrected chi connectivity index (χ2v) is 3.19. The van der Waals surface area contributed by atoms with E-state index in [4.69, 9.17) is 0 Å². The summed E-state index contributed by atoms with van der Waals surface area (Å²) in [5, 5.41) is 7.29. The molecule has 0 radical (unpaired) electrons. The number of aryl methyl sites for hydroxylation is 1. The van der Waals surface area contributed by atoms with Gasteiger partial charge in [0.2, 0.25) is 5.82 Å². The third kappa shape index (κ3) is 2.04. The lowest BCUT2D eigenvalue weighted by atomic mass is 10.1. The zero-order chi connectivity index (χ0) is 10.7. The molecule has 0 aliphatic heterocycles. The van der Waals surface area contributed by atoms with E-state index in [9.17, 15) is 4.79 Å². The highest BCUT2D eigenvalue weighted by Crippen LogP contribution is 2.16. The second kappa shape index (κ2) is 3.96. The summed E-state index contributed by atoms with van der Waals surface area (Å²) >= 11 is 0. The van der Waals surface area contributed by atoms with Gasteiger partial charge in [0.1, 0.15) is 0 Å². The van der Waals surface area contributed by atoms with E-state index in [1.165, 1.54) is 0 Å². The number of carbonyl (C=O) groups is 1. The zero-order valence-corrected chi connectivity index (χ0v) is 8.21. The first-order chi connectivity index (χ1) is 7.29. The van der Waals surface area contributed by atoms with E-state index in [-0.39, 0.29) is 5.82 Å². The molecule has 0 saturated heterocycles.